The Bertz CT molecular complexity index is 1360. The smallest absolute Gasteiger partial charge is 0.268 e. The highest BCUT2D eigenvalue weighted by Gasteiger charge is 2.32. The number of sulfonamides is 1. The molecule has 4 rings (SSSR count). The van der Waals surface area contributed by atoms with Crippen molar-refractivity contribution in [3.05, 3.63) is 95.6 Å². The first-order chi connectivity index (χ1) is 18.3. The highest BCUT2D eigenvalue weighted by atomic mass is 32.2. The molecule has 1 heterocycles. The van der Waals surface area contributed by atoms with Crippen molar-refractivity contribution < 1.29 is 17.9 Å². The molecule has 0 atom stereocenters. The molecule has 38 heavy (non-hydrogen) atoms. The molecule has 1 fully saturated rings. The van der Waals surface area contributed by atoms with E-state index in [4.69, 9.17) is 4.74 Å². The van der Waals surface area contributed by atoms with Crippen molar-refractivity contribution >= 4 is 27.7 Å². The van der Waals surface area contributed by atoms with Gasteiger partial charge < -0.3 is 9.64 Å². The molecule has 200 valence electrons. The lowest BCUT2D eigenvalue weighted by Crippen LogP contribution is -2.51. The van der Waals surface area contributed by atoms with Gasteiger partial charge in [-0.05, 0) is 49.2 Å². The van der Waals surface area contributed by atoms with E-state index in [1.165, 1.54) is 11.4 Å². The third kappa shape index (κ3) is 6.62. The summed E-state index contributed by atoms with van der Waals surface area (Å²) in [5.41, 5.74) is 3.39. The Kier molecular flexibility index (Phi) is 8.86. The Morgan fingerprint density at radius 2 is 1.58 bits per heavy atom. The molecule has 1 saturated heterocycles. The van der Waals surface area contributed by atoms with Gasteiger partial charge in [0.25, 0.3) is 10.0 Å². The Labute approximate surface area is 226 Å². The highest BCUT2D eigenvalue weighted by Crippen LogP contribution is 2.31. The number of hydrogen-bond donors (Lipinski definition) is 0. The second kappa shape index (κ2) is 12.3. The summed E-state index contributed by atoms with van der Waals surface area (Å²) >= 11 is 0. The van der Waals surface area contributed by atoms with Crippen molar-refractivity contribution in [3.63, 3.8) is 0 Å². The predicted octanol–water partition coefficient (Wildman–Crippen LogP) is 4.36. The third-order valence-electron chi connectivity index (χ3n) is 6.69. The fraction of sp³-hybridized carbons (Fsp3) is 0.300. The second-order valence-electron chi connectivity index (χ2n) is 9.50. The molecule has 0 aromatic heterocycles. The Morgan fingerprint density at radius 1 is 0.921 bits per heavy atom. The van der Waals surface area contributed by atoms with Crippen molar-refractivity contribution in [2.75, 3.05) is 50.7 Å². The van der Waals surface area contributed by atoms with E-state index in [1.54, 1.807) is 35.2 Å². The zero-order chi connectivity index (χ0) is 27.1. The lowest BCUT2D eigenvalue weighted by molar-refractivity contribution is -0.131. The standard InChI is InChI=1S/C30H35N3O4S/c1-24-11-14-27(15-12-24)33(38(35,36)29-22-25(2)13-16-28(29)37-3)23-30(34)32-20-18-31(19-21-32)17-7-10-26-8-5-4-6-9-26/h4-16,22H,17-21,23H2,1-3H3/b10-7+. The van der Waals surface area contributed by atoms with E-state index in [2.05, 4.69) is 29.2 Å². The topological polar surface area (TPSA) is 70.2 Å². The number of anilines is 1. The van der Waals surface area contributed by atoms with Gasteiger partial charge in [-0.1, -0.05) is 66.2 Å². The first kappa shape index (κ1) is 27.4. The fourth-order valence-corrected chi connectivity index (χ4v) is 6.09. The average molecular weight is 534 g/mol. The van der Waals surface area contributed by atoms with Crippen LogP contribution in [-0.2, 0) is 14.8 Å². The van der Waals surface area contributed by atoms with Gasteiger partial charge in [-0.2, -0.15) is 0 Å². The molecule has 3 aromatic carbocycles. The first-order valence-electron chi connectivity index (χ1n) is 12.7. The number of rotatable bonds is 9. The van der Waals surface area contributed by atoms with Gasteiger partial charge in [0.05, 0.1) is 12.8 Å². The number of carbonyl (C=O) groups is 1. The molecule has 0 spiro atoms. The minimum Gasteiger partial charge on any atom is -0.495 e. The summed E-state index contributed by atoms with van der Waals surface area (Å²) in [4.78, 5) is 17.5. The predicted molar refractivity (Wildman–Crippen MR) is 152 cm³/mol. The van der Waals surface area contributed by atoms with Crippen LogP contribution in [0.4, 0.5) is 5.69 Å². The zero-order valence-corrected chi connectivity index (χ0v) is 23.0. The number of carbonyl (C=O) groups excluding carboxylic acids is 1. The first-order valence-corrected chi connectivity index (χ1v) is 14.2. The van der Waals surface area contributed by atoms with Gasteiger partial charge in [-0.25, -0.2) is 8.42 Å². The number of aryl methyl sites for hydroxylation is 2. The quantitative estimate of drug-likeness (QED) is 0.409. The molecule has 1 aliphatic rings. The van der Waals surface area contributed by atoms with Gasteiger partial charge in [0.15, 0.2) is 0 Å². The van der Waals surface area contributed by atoms with Crippen LogP contribution in [0.15, 0.2) is 83.8 Å². The van der Waals surface area contributed by atoms with Gasteiger partial charge in [-0.3, -0.25) is 14.0 Å². The lowest BCUT2D eigenvalue weighted by atomic mass is 10.2. The molecule has 0 saturated carbocycles. The van der Waals surface area contributed by atoms with E-state index in [1.807, 2.05) is 44.2 Å². The minimum absolute atomic E-state index is 0.0448. The summed E-state index contributed by atoms with van der Waals surface area (Å²) in [6.07, 6.45) is 4.23. The van der Waals surface area contributed by atoms with Gasteiger partial charge >= 0.3 is 0 Å². The number of nitrogens with zero attached hydrogens (tertiary/aromatic N) is 3. The molecule has 8 heteroatoms. The summed E-state index contributed by atoms with van der Waals surface area (Å²) in [6, 6.07) is 22.3. The van der Waals surface area contributed by atoms with Crippen LogP contribution >= 0.6 is 0 Å². The molecule has 1 aliphatic heterocycles. The van der Waals surface area contributed by atoms with Gasteiger partial charge in [-0.15, -0.1) is 0 Å². The van der Waals surface area contributed by atoms with E-state index >= 15 is 0 Å². The molecule has 0 unspecified atom stereocenters. The molecular weight excluding hydrogens is 498 g/mol. The number of piperazine rings is 1. The summed E-state index contributed by atoms with van der Waals surface area (Å²) in [5, 5.41) is 0. The van der Waals surface area contributed by atoms with Gasteiger partial charge in [0.2, 0.25) is 5.91 Å². The maximum atomic E-state index is 13.9. The molecule has 0 bridgehead atoms. The van der Waals surface area contributed by atoms with Crippen LogP contribution in [0.5, 0.6) is 5.75 Å². The van der Waals surface area contributed by atoms with Crippen LogP contribution in [-0.4, -0.2) is 70.5 Å². The van der Waals surface area contributed by atoms with Crippen molar-refractivity contribution in [2.45, 2.75) is 18.7 Å². The SMILES string of the molecule is COc1ccc(C)cc1S(=O)(=O)N(CC(=O)N1CCN(C/C=C/c2ccccc2)CC1)c1ccc(C)cc1. The monoisotopic (exact) mass is 533 g/mol. The van der Waals surface area contributed by atoms with Crippen molar-refractivity contribution in [2.24, 2.45) is 0 Å². The zero-order valence-electron chi connectivity index (χ0n) is 22.2. The normalized spacial score (nSPS) is 14.6. The molecule has 0 radical (unpaired) electrons. The van der Waals surface area contributed by atoms with E-state index in [-0.39, 0.29) is 23.1 Å². The largest absolute Gasteiger partial charge is 0.495 e. The molecule has 0 N–H and O–H groups in total. The van der Waals surface area contributed by atoms with Crippen molar-refractivity contribution in [1.29, 1.82) is 0 Å². The highest BCUT2D eigenvalue weighted by molar-refractivity contribution is 7.93. The maximum Gasteiger partial charge on any atom is 0.268 e. The van der Waals surface area contributed by atoms with E-state index in [9.17, 15) is 13.2 Å². The molecule has 7 nitrogen and oxygen atoms in total. The summed E-state index contributed by atoms with van der Waals surface area (Å²) in [6.45, 7) is 6.84. The minimum atomic E-state index is -4.07. The Hall–Kier alpha value is -3.62. The van der Waals surface area contributed by atoms with E-state index in [0.717, 1.165) is 36.3 Å². The lowest BCUT2D eigenvalue weighted by Gasteiger charge is -2.35. The summed E-state index contributed by atoms with van der Waals surface area (Å²) in [5.74, 6) is 0.0255. The molecular formula is C30H35N3O4S. The molecule has 3 aromatic rings. The van der Waals surface area contributed by atoms with Crippen LogP contribution in [0.25, 0.3) is 6.08 Å². The number of hydrogen-bond acceptors (Lipinski definition) is 5. The van der Waals surface area contributed by atoms with Crippen molar-refractivity contribution in [1.82, 2.24) is 9.80 Å². The number of ether oxygens (including phenoxy) is 1. The number of benzene rings is 3. The van der Waals surface area contributed by atoms with Gasteiger partial charge in [0.1, 0.15) is 17.2 Å². The second-order valence-corrected chi connectivity index (χ2v) is 11.3. The Balaban J connectivity index is 1.48. The molecule has 0 aliphatic carbocycles. The van der Waals surface area contributed by atoms with E-state index in [0.29, 0.717) is 18.8 Å². The van der Waals surface area contributed by atoms with Crippen LogP contribution in [0.1, 0.15) is 16.7 Å². The molecule has 1 amide bonds. The van der Waals surface area contributed by atoms with Crippen LogP contribution in [0, 0.1) is 13.8 Å². The van der Waals surface area contributed by atoms with Gasteiger partial charge in [0, 0.05) is 32.7 Å². The van der Waals surface area contributed by atoms with E-state index < -0.39 is 10.0 Å². The maximum absolute atomic E-state index is 13.9. The summed E-state index contributed by atoms with van der Waals surface area (Å²) in [7, 11) is -2.63. The third-order valence-corrected chi connectivity index (χ3v) is 8.48. The van der Waals surface area contributed by atoms with Crippen LogP contribution in [0.2, 0.25) is 0 Å². The number of amides is 1. The van der Waals surface area contributed by atoms with Crippen LogP contribution in [0.3, 0.4) is 0 Å². The fourth-order valence-electron chi connectivity index (χ4n) is 4.43. The van der Waals surface area contributed by atoms with Crippen LogP contribution < -0.4 is 9.04 Å². The average Bonchev–Trinajstić information content (AvgIpc) is 2.93. The number of methoxy groups -OCH3 is 1. The summed E-state index contributed by atoms with van der Waals surface area (Å²) < 4.78 is 34.4. The van der Waals surface area contributed by atoms with Crippen molar-refractivity contribution in [3.8, 4) is 5.75 Å². The Morgan fingerprint density at radius 3 is 2.24 bits per heavy atom.